The first kappa shape index (κ1) is 17.2. The number of hydrogen-bond acceptors (Lipinski definition) is 4. The summed E-state index contributed by atoms with van der Waals surface area (Å²) in [6.07, 6.45) is 0.547. The molecule has 1 rings (SSSR count). The van der Waals surface area contributed by atoms with Crippen molar-refractivity contribution in [2.24, 2.45) is 16.5 Å². The van der Waals surface area contributed by atoms with Crippen molar-refractivity contribution < 1.29 is 13.6 Å². The zero-order valence-electron chi connectivity index (χ0n) is 12.0. The summed E-state index contributed by atoms with van der Waals surface area (Å²) in [5, 5.41) is 7.15. The molecule has 1 aromatic carbocycles. The topological polar surface area (TPSA) is 127 Å². The molecular formula is C12H20N5O3P. The van der Waals surface area contributed by atoms with Gasteiger partial charge in [-0.3, -0.25) is 14.5 Å². The van der Waals surface area contributed by atoms with Crippen LogP contribution < -0.4 is 11.5 Å². The van der Waals surface area contributed by atoms with Crippen LogP contribution in [0.15, 0.2) is 35.3 Å². The number of nitrogens with zero attached hydrogens (tertiary/aromatic N) is 2. The van der Waals surface area contributed by atoms with Gasteiger partial charge in [0.2, 0.25) is 11.9 Å². The lowest BCUT2D eigenvalue weighted by molar-refractivity contribution is 0.236. The summed E-state index contributed by atoms with van der Waals surface area (Å²) in [7, 11) is -1.11. The maximum absolute atomic E-state index is 12.5. The molecule has 0 aliphatic carbocycles. The summed E-state index contributed by atoms with van der Waals surface area (Å²) in [6, 6.07) is 9.57. The Morgan fingerprint density at radius 3 is 2.33 bits per heavy atom. The predicted molar refractivity (Wildman–Crippen MR) is 82.0 cm³/mol. The van der Waals surface area contributed by atoms with Crippen molar-refractivity contribution in [3.8, 4) is 0 Å². The monoisotopic (exact) mass is 313 g/mol. The van der Waals surface area contributed by atoms with E-state index in [4.69, 9.17) is 25.9 Å². The van der Waals surface area contributed by atoms with Crippen molar-refractivity contribution in [2.45, 2.75) is 6.42 Å². The maximum atomic E-state index is 12.5. The molecule has 9 heteroatoms. The van der Waals surface area contributed by atoms with Crippen LogP contribution in [0.2, 0.25) is 0 Å². The summed E-state index contributed by atoms with van der Waals surface area (Å²) >= 11 is 0. The highest BCUT2D eigenvalue weighted by molar-refractivity contribution is 7.52. The minimum atomic E-state index is -3.62. The Morgan fingerprint density at radius 2 is 1.86 bits per heavy atom. The van der Waals surface area contributed by atoms with E-state index in [-0.39, 0.29) is 12.5 Å². The molecule has 5 N–H and O–H groups in total. The van der Waals surface area contributed by atoms with Crippen LogP contribution in [-0.2, 0) is 20.0 Å². The maximum Gasteiger partial charge on any atom is 0.437 e. The fourth-order valence-corrected chi connectivity index (χ4v) is 2.88. The molecule has 0 spiro atoms. The van der Waals surface area contributed by atoms with Gasteiger partial charge in [0.1, 0.15) is 0 Å². The SMILES string of the molecule is COP(=O)(OC)N(CCc1ccccc1)C(N)=NC(=N)N. The van der Waals surface area contributed by atoms with Gasteiger partial charge in [-0.2, -0.15) is 4.99 Å². The Hall–Kier alpha value is -1.89. The molecule has 0 saturated heterocycles. The molecule has 0 unspecified atom stereocenters. The summed E-state index contributed by atoms with van der Waals surface area (Å²) in [5.74, 6) is -0.679. The van der Waals surface area contributed by atoms with Crippen molar-refractivity contribution in [3.05, 3.63) is 35.9 Å². The first-order chi connectivity index (χ1) is 9.92. The number of rotatable bonds is 6. The van der Waals surface area contributed by atoms with Gasteiger partial charge in [0.05, 0.1) is 0 Å². The van der Waals surface area contributed by atoms with Gasteiger partial charge in [-0.25, -0.2) is 9.24 Å². The number of nitrogens with one attached hydrogen (secondary N) is 1. The molecule has 0 heterocycles. The Labute approximate surface area is 123 Å². The second kappa shape index (κ2) is 7.78. The van der Waals surface area contributed by atoms with Gasteiger partial charge < -0.3 is 11.5 Å². The fraction of sp³-hybridized carbons (Fsp3) is 0.333. The largest absolute Gasteiger partial charge is 0.437 e. The normalized spacial score (nSPS) is 12.2. The highest BCUT2D eigenvalue weighted by atomic mass is 31.2. The lowest BCUT2D eigenvalue weighted by atomic mass is 10.1. The summed E-state index contributed by atoms with van der Waals surface area (Å²) in [5.41, 5.74) is 12.0. The van der Waals surface area contributed by atoms with Gasteiger partial charge in [-0.05, 0) is 12.0 Å². The zero-order chi connectivity index (χ0) is 15.9. The van der Waals surface area contributed by atoms with Crippen LogP contribution in [0, 0.1) is 5.41 Å². The highest BCUT2D eigenvalue weighted by Gasteiger charge is 2.33. The minimum Gasteiger partial charge on any atom is -0.369 e. The van der Waals surface area contributed by atoms with E-state index in [2.05, 4.69) is 4.99 Å². The van der Waals surface area contributed by atoms with E-state index in [1.807, 2.05) is 30.3 Å². The molecular weight excluding hydrogens is 293 g/mol. The molecule has 0 aliphatic heterocycles. The van der Waals surface area contributed by atoms with Gasteiger partial charge in [0.15, 0.2) is 0 Å². The van der Waals surface area contributed by atoms with Gasteiger partial charge in [0, 0.05) is 20.8 Å². The zero-order valence-corrected chi connectivity index (χ0v) is 12.9. The molecule has 0 saturated carbocycles. The standard InChI is InChI=1S/C12H20N5O3P/c1-19-21(18,20-2)17(12(15)16-11(13)14)9-8-10-6-4-3-5-7-10/h3-7H,8-9H2,1-2H3,(H5,13,14,15,16). The summed E-state index contributed by atoms with van der Waals surface area (Å²) in [6.45, 7) is 0.242. The van der Waals surface area contributed by atoms with Crippen molar-refractivity contribution >= 4 is 19.7 Å². The Balaban J connectivity index is 2.97. The molecule has 0 amide bonds. The van der Waals surface area contributed by atoms with E-state index in [1.54, 1.807) is 0 Å². The third-order valence-electron chi connectivity index (χ3n) is 2.71. The second-order valence-electron chi connectivity index (χ2n) is 4.05. The average Bonchev–Trinajstić information content (AvgIpc) is 2.47. The van der Waals surface area contributed by atoms with Crippen molar-refractivity contribution in [1.82, 2.24) is 4.67 Å². The van der Waals surface area contributed by atoms with Crippen molar-refractivity contribution in [2.75, 3.05) is 20.8 Å². The van der Waals surface area contributed by atoms with E-state index in [9.17, 15) is 4.57 Å². The van der Waals surface area contributed by atoms with E-state index in [0.717, 1.165) is 5.56 Å². The van der Waals surface area contributed by atoms with E-state index < -0.39 is 13.7 Å². The molecule has 0 aliphatic rings. The molecule has 1 aromatic rings. The number of nitrogens with two attached hydrogens (primary N) is 2. The van der Waals surface area contributed by atoms with Gasteiger partial charge >= 0.3 is 7.75 Å². The van der Waals surface area contributed by atoms with Crippen LogP contribution in [0.5, 0.6) is 0 Å². The highest BCUT2D eigenvalue weighted by Crippen LogP contribution is 2.50. The molecule has 0 atom stereocenters. The van der Waals surface area contributed by atoms with Crippen molar-refractivity contribution in [3.63, 3.8) is 0 Å². The molecule has 0 fully saturated rings. The van der Waals surface area contributed by atoms with Crippen LogP contribution in [0.25, 0.3) is 0 Å². The number of guanidine groups is 2. The third kappa shape index (κ3) is 4.86. The van der Waals surface area contributed by atoms with E-state index >= 15 is 0 Å². The van der Waals surface area contributed by atoms with Crippen LogP contribution in [-0.4, -0.2) is 37.4 Å². The second-order valence-corrected chi connectivity index (χ2v) is 6.20. The van der Waals surface area contributed by atoms with Crippen LogP contribution in [0.4, 0.5) is 0 Å². The number of aliphatic imine (C=N–C) groups is 1. The van der Waals surface area contributed by atoms with Gasteiger partial charge in [-0.1, -0.05) is 30.3 Å². The molecule has 0 radical (unpaired) electrons. The minimum absolute atomic E-state index is 0.189. The smallest absolute Gasteiger partial charge is 0.369 e. The first-order valence-corrected chi connectivity index (χ1v) is 7.64. The quantitative estimate of drug-likeness (QED) is 0.410. The first-order valence-electron chi connectivity index (χ1n) is 6.14. The lowest BCUT2D eigenvalue weighted by Crippen LogP contribution is -2.38. The summed E-state index contributed by atoms with van der Waals surface area (Å²) in [4.78, 5) is 3.60. The van der Waals surface area contributed by atoms with Crippen LogP contribution in [0.3, 0.4) is 0 Å². The molecule has 0 bridgehead atoms. The van der Waals surface area contributed by atoms with E-state index in [0.29, 0.717) is 6.42 Å². The van der Waals surface area contributed by atoms with E-state index in [1.165, 1.54) is 18.9 Å². The third-order valence-corrected chi connectivity index (χ3v) is 4.63. The molecule has 8 nitrogen and oxygen atoms in total. The van der Waals surface area contributed by atoms with Crippen LogP contribution >= 0.6 is 7.75 Å². The number of hydrogen-bond donors (Lipinski definition) is 3. The number of benzene rings is 1. The Bertz CT molecular complexity index is 541. The van der Waals surface area contributed by atoms with Crippen LogP contribution in [0.1, 0.15) is 5.56 Å². The molecule has 21 heavy (non-hydrogen) atoms. The molecule has 0 aromatic heterocycles. The van der Waals surface area contributed by atoms with Gasteiger partial charge in [0.25, 0.3) is 0 Å². The predicted octanol–water partition coefficient (Wildman–Crippen LogP) is 1.14. The summed E-state index contributed by atoms with van der Waals surface area (Å²) < 4.78 is 23.5. The Kier molecular flexibility index (Phi) is 6.36. The molecule has 116 valence electrons. The Morgan fingerprint density at radius 1 is 1.29 bits per heavy atom. The lowest BCUT2D eigenvalue weighted by Gasteiger charge is -2.28. The fourth-order valence-electron chi connectivity index (χ4n) is 1.69. The van der Waals surface area contributed by atoms with Crippen molar-refractivity contribution in [1.29, 1.82) is 5.41 Å². The van der Waals surface area contributed by atoms with Gasteiger partial charge in [-0.15, -0.1) is 0 Å². The average molecular weight is 313 g/mol.